The molecule has 30 heavy (non-hydrogen) atoms. The topological polar surface area (TPSA) is 71.5 Å². The summed E-state index contributed by atoms with van der Waals surface area (Å²) in [5, 5.41) is 13.9. The Morgan fingerprint density at radius 3 is 2.53 bits per heavy atom. The molecule has 5 heteroatoms. The van der Waals surface area contributed by atoms with Gasteiger partial charge in [-0.1, -0.05) is 54.6 Å². The molecule has 2 N–H and O–H groups in total. The van der Waals surface area contributed by atoms with Crippen molar-refractivity contribution in [3.05, 3.63) is 89.6 Å². The molecule has 4 rings (SSSR count). The lowest BCUT2D eigenvalue weighted by molar-refractivity contribution is 0.0697. The van der Waals surface area contributed by atoms with E-state index in [9.17, 15) is 9.90 Å². The number of methoxy groups -OCH3 is 1. The fourth-order valence-electron chi connectivity index (χ4n) is 3.58. The number of hydrogen-bond acceptors (Lipinski definition) is 4. The highest BCUT2D eigenvalue weighted by Crippen LogP contribution is 2.30. The predicted octanol–water partition coefficient (Wildman–Crippen LogP) is 5.53. The van der Waals surface area contributed by atoms with Gasteiger partial charge in [0.25, 0.3) is 0 Å². The van der Waals surface area contributed by atoms with E-state index in [1.165, 1.54) is 0 Å². The van der Waals surface area contributed by atoms with Gasteiger partial charge in [0.1, 0.15) is 11.3 Å². The first-order valence-electron chi connectivity index (χ1n) is 9.66. The standard InChI is InChI=1S/C25H22N2O3/c1-16-14-22(21-8-5-9-23(30-2)24(21)27-16)26-15-17-10-12-18(13-11-17)19-6-3-4-7-20(19)25(28)29/h3-14H,15H2,1-2H3,(H,26,27)(H,28,29). The van der Waals surface area contributed by atoms with Gasteiger partial charge in [-0.25, -0.2) is 9.78 Å². The van der Waals surface area contributed by atoms with Crippen LogP contribution in [-0.2, 0) is 6.54 Å². The summed E-state index contributed by atoms with van der Waals surface area (Å²) < 4.78 is 5.45. The normalized spacial score (nSPS) is 10.7. The number of carboxylic acid groups (broad SMARTS) is 1. The van der Waals surface area contributed by atoms with Crippen LogP contribution >= 0.6 is 0 Å². The number of carboxylic acids is 1. The second-order valence-corrected chi connectivity index (χ2v) is 7.07. The maximum Gasteiger partial charge on any atom is 0.336 e. The molecule has 0 amide bonds. The number of aromatic carboxylic acids is 1. The molecule has 4 aromatic rings. The van der Waals surface area contributed by atoms with Crippen LogP contribution in [-0.4, -0.2) is 23.2 Å². The zero-order valence-corrected chi connectivity index (χ0v) is 16.8. The van der Waals surface area contributed by atoms with Gasteiger partial charge >= 0.3 is 5.97 Å². The first-order valence-corrected chi connectivity index (χ1v) is 9.66. The molecular weight excluding hydrogens is 376 g/mol. The van der Waals surface area contributed by atoms with Gasteiger partial charge in [0.15, 0.2) is 0 Å². The average Bonchev–Trinajstić information content (AvgIpc) is 2.77. The summed E-state index contributed by atoms with van der Waals surface area (Å²) in [5.74, 6) is -0.174. The van der Waals surface area contributed by atoms with Crippen molar-refractivity contribution in [1.29, 1.82) is 0 Å². The molecule has 0 fully saturated rings. The van der Waals surface area contributed by atoms with E-state index in [2.05, 4.69) is 10.3 Å². The van der Waals surface area contributed by atoms with Crippen molar-refractivity contribution in [2.75, 3.05) is 12.4 Å². The Kier molecular flexibility index (Phi) is 5.35. The van der Waals surface area contributed by atoms with Crippen LogP contribution in [0.5, 0.6) is 5.75 Å². The minimum atomic E-state index is -0.924. The lowest BCUT2D eigenvalue weighted by Crippen LogP contribution is -2.02. The molecule has 0 bridgehead atoms. The van der Waals surface area contributed by atoms with E-state index in [0.717, 1.165) is 39.2 Å². The highest BCUT2D eigenvalue weighted by molar-refractivity contribution is 5.96. The highest BCUT2D eigenvalue weighted by Gasteiger charge is 2.11. The van der Waals surface area contributed by atoms with Gasteiger partial charge in [0.2, 0.25) is 0 Å². The molecule has 0 saturated heterocycles. The Bertz CT molecular complexity index is 1220. The molecular formula is C25H22N2O3. The van der Waals surface area contributed by atoms with Crippen molar-refractivity contribution in [3.8, 4) is 16.9 Å². The van der Waals surface area contributed by atoms with Gasteiger partial charge in [0, 0.05) is 23.3 Å². The second-order valence-electron chi connectivity index (χ2n) is 7.07. The van der Waals surface area contributed by atoms with Gasteiger partial charge in [-0.3, -0.25) is 0 Å². The second kappa shape index (κ2) is 8.25. The van der Waals surface area contributed by atoms with Crippen LogP contribution < -0.4 is 10.1 Å². The number of anilines is 1. The number of para-hydroxylation sites is 1. The molecule has 0 aliphatic carbocycles. The third-order valence-electron chi connectivity index (χ3n) is 5.06. The van der Waals surface area contributed by atoms with Crippen LogP contribution in [0.15, 0.2) is 72.8 Å². The van der Waals surface area contributed by atoms with E-state index in [4.69, 9.17) is 4.74 Å². The number of aromatic nitrogens is 1. The Labute approximate surface area is 175 Å². The van der Waals surface area contributed by atoms with Crippen molar-refractivity contribution in [1.82, 2.24) is 4.98 Å². The quantitative estimate of drug-likeness (QED) is 0.447. The smallest absolute Gasteiger partial charge is 0.336 e. The van der Waals surface area contributed by atoms with Gasteiger partial charge in [-0.15, -0.1) is 0 Å². The minimum Gasteiger partial charge on any atom is -0.494 e. The molecule has 3 aromatic carbocycles. The molecule has 0 unspecified atom stereocenters. The van der Waals surface area contributed by atoms with E-state index >= 15 is 0 Å². The van der Waals surface area contributed by atoms with Crippen LogP contribution in [0.4, 0.5) is 5.69 Å². The Balaban J connectivity index is 1.58. The van der Waals surface area contributed by atoms with E-state index in [-0.39, 0.29) is 0 Å². The third-order valence-corrected chi connectivity index (χ3v) is 5.06. The van der Waals surface area contributed by atoms with Crippen LogP contribution in [0.25, 0.3) is 22.0 Å². The number of hydrogen-bond donors (Lipinski definition) is 2. The number of nitrogens with one attached hydrogen (secondary N) is 1. The van der Waals surface area contributed by atoms with E-state index in [1.807, 2.05) is 67.6 Å². The van der Waals surface area contributed by atoms with E-state index in [0.29, 0.717) is 17.7 Å². The van der Waals surface area contributed by atoms with Crippen LogP contribution in [0.3, 0.4) is 0 Å². The van der Waals surface area contributed by atoms with Crippen molar-refractivity contribution in [3.63, 3.8) is 0 Å². The van der Waals surface area contributed by atoms with Crippen LogP contribution in [0.2, 0.25) is 0 Å². The fourth-order valence-corrected chi connectivity index (χ4v) is 3.58. The molecule has 0 aliphatic heterocycles. The lowest BCUT2D eigenvalue weighted by Gasteiger charge is -2.13. The maximum atomic E-state index is 11.5. The number of ether oxygens (including phenoxy) is 1. The largest absolute Gasteiger partial charge is 0.494 e. The predicted molar refractivity (Wildman–Crippen MR) is 119 cm³/mol. The first-order chi connectivity index (χ1) is 14.6. The maximum absolute atomic E-state index is 11.5. The average molecular weight is 398 g/mol. The highest BCUT2D eigenvalue weighted by atomic mass is 16.5. The summed E-state index contributed by atoms with van der Waals surface area (Å²) in [6, 6.07) is 22.9. The molecule has 150 valence electrons. The number of rotatable bonds is 6. The Morgan fingerprint density at radius 2 is 1.80 bits per heavy atom. The van der Waals surface area contributed by atoms with Crippen molar-refractivity contribution >= 4 is 22.6 Å². The molecule has 0 saturated carbocycles. The number of nitrogens with zero attached hydrogens (tertiary/aromatic N) is 1. The summed E-state index contributed by atoms with van der Waals surface area (Å²) in [5.41, 5.74) is 5.74. The zero-order valence-electron chi connectivity index (χ0n) is 16.8. The lowest BCUT2D eigenvalue weighted by atomic mass is 9.99. The number of aryl methyl sites for hydroxylation is 1. The van der Waals surface area contributed by atoms with Gasteiger partial charge in [-0.05, 0) is 41.8 Å². The van der Waals surface area contributed by atoms with Crippen molar-refractivity contribution < 1.29 is 14.6 Å². The zero-order chi connectivity index (χ0) is 21.1. The Morgan fingerprint density at radius 1 is 1.03 bits per heavy atom. The number of benzene rings is 3. The first kappa shape index (κ1) is 19.5. The third kappa shape index (κ3) is 3.82. The molecule has 0 radical (unpaired) electrons. The number of fused-ring (bicyclic) bond motifs is 1. The van der Waals surface area contributed by atoms with Crippen molar-refractivity contribution in [2.24, 2.45) is 0 Å². The molecule has 1 heterocycles. The van der Waals surface area contributed by atoms with Gasteiger partial charge in [0.05, 0.1) is 12.7 Å². The summed E-state index contributed by atoms with van der Waals surface area (Å²) in [7, 11) is 1.65. The molecule has 1 aromatic heterocycles. The fraction of sp³-hybridized carbons (Fsp3) is 0.120. The number of pyridine rings is 1. The SMILES string of the molecule is COc1cccc2c(NCc3ccc(-c4ccccc4C(=O)O)cc3)cc(C)nc12. The summed E-state index contributed by atoms with van der Waals surface area (Å²) in [6.45, 7) is 2.60. The molecule has 0 spiro atoms. The van der Waals surface area contributed by atoms with Gasteiger partial charge in [-0.2, -0.15) is 0 Å². The van der Waals surface area contributed by atoms with Crippen LogP contribution in [0.1, 0.15) is 21.6 Å². The Hall–Kier alpha value is -3.86. The monoisotopic (exact) mass is 398 g/mol. The van der Waals surface area contributed by atoms with Crippen molar-refractivity contribution in [2.45, 2.75) is 13.5 Å². The molecule has 5 nitrogen and oxygen atoms in total. The minimum absolute atomic E-state index is 0.302. The van der Waals surface area contributed by atoms with Gasteiger partial charge < -0.3 is 15.2 Å². The molecule has 0 aliphatic rings. The van der Waals surface area contributed by atoms with E-state index in [1.54, 1.807) is 19.2 Å². The molecule has 0 atom stereocenters. The summed E-state index contributed by atoms with van der Waals surface area (Å²) in [4.78, 5) is 16.1. The van der Waals surface area contributed by atoms with Crippen LogP contribution in [0, 0.1) is 6.92 Å². The summed E-state index contributed by atoms with van der Waals surface area (Å²) >= 11 is 0. The number of carbonyl (C=O) groups is 1. The van der Waals surface area contributed by atoms with E-state index < -0.39 is 5.97 Å². The summed E-state index contributed by atoms with van der Waals surface area (Å²) in [6.07, 6.45) is 0.